The van der Waals surface area contributed by atoms with Crippen LogP contribution in [0, 0.1) is 0 Å². The zero-order valence-corrected chi connectivity index (χ0v) is 28.1. The van der Waals surface area contributed by atoms with Crippen molar-refractivity contribution in [2.75, 3.05) is 4.90 Å². The van der Waals surface area contributed by atoms with Gasteiger partial charge in [-0.3, -0.25) is 0 Å². The summed E-state index contributed by atoms with van der Waals surface area (Å²) in [5.74, 6) is 0. The Kier molecular flexibility index (Phi) is 5.62. The fourth-order valence-corrected chi connectivity index (χ4v) is 12.0. The zero-order chi connectivity index (χ0) is 32.2. The van der Waals surface area contributed by atoms with Crippen LogP contribution in [0.25, 0.3) is 22.3 Å². The van der Waals surface area contributed by atoms with Crippen LogP contribution in [0.15, 0.2) is 175 Å². The molecule has 0 bridgehead atoms. The molecule has 49 heavy (non-hydrogen) atoms. The number of hydrogen-bond donors (Lipinski definition) is 0. The Bertz CT molecular complexity index is 2310. The summed E-state index contributed by atoms with van der Waals surface area (Å²) in [6.45, 7) is 0. The molecule has 6 aromatic carbocycles. The minimum Gasteiger partial charge on any atom is -0.302 e. The van der Waals surface area contributed by atoms with Gasteiger partial charge in [0, 0.05) is 21.1 Å². The lowest BCUT2D eigenvalue weighted by Gasteiger charge is -2.45. The maximum absolute atomic E-state index is 2.55. The Hall–Kier alpha value is -5.48. The predicted octanol–water partition coefficient (Wildman–Crippen LogP) is 12.3. The number of thiophene rings is 2. The van der Waals surface area contributed by atoms with Crippen LogP contribution in [0.2, 0.25) is 0 Å². The largest absolute Gasteiger partial charge is 0.302 e. The van der Waals surface area contributed by atoms with Crippen molar-refractivity contribution in [3.63, 3.8) is 0 Å². The van der Waals surface area contributed by atoms with E-state index >= 15 is 0 Å². The van der Waals surface area contributed by atoms with Crippen molar-refractivity contribution in [3.8, 4) is 22.3 Å². The molecule has 0 fully saturated rings. The van der Waals surface area contributed by atoms with Crippen molar-refractivity contribution >= 4 is 39.0 Å². The van der Waals surface area contributed by atoms with E-state index in [2.05, 4.69) is 180 Å². The summed E-state index contributed by atoms with van der Waals surface area (Å²) < 4.78 is 0. The molecule has 3 aliphatic rings. The molecule has 0 N–H and O–H groups in total. The molecule has 11 rings (SSSR count). The number of rotatable bonds is 3. The molecule has 2 spiro atoms. The molecule has 0 saturated carbocycles. The lowest BCUT2D eigenvalue weighted by atomic mass is 9.58. The van der Waals surface area contributed by atoms with E-state index < -0.39 is 10.8 Å². The number of hydrogen-bond acceptors (Lipinski definition) is 3. The Balaban J connectivity index is 1.33. The summed E-state index contributed by atoms with van der Waals surface area (Å²) in [5.41, 5.74) is 15.1. The van der Waals surface area contributed by atoms with Crippen molar-refractivity contribution < 1.29 is 0 Å². The first-order valence-corrected chi connectivity index (χ1v) is 18.5. The molecule has 0 unspecified atom stereocenters. The first kappa shape index (κ1) is 27.5. The van der Waals surface area contributed by atoms with Gasteiger partial charge in [-0.25, -0.2) is 0 Å². The molecule has 0 saturated heterocycles. The van der Waals surface area contributed by atoms with Gasteiger partial charge >= 0.3 is 0 Å². The minimum absolute atomic E-state index is 0.433. The van der Waals surface area contributed by atoms with E-state index in [1.54, 1.807) is 0 Å². The van der Waals surface area contributed by atoms with Gasteiger partial charge in [-0.1, -0.05) is 133 Å². The van der Waals surface area contributed by atoms with Gasteiger partial charge in [-0.05, 0) is 97.4 Å². The fourth-order valence-electron chi connectivity index (χ4n) is 9.28. The third-order valence-electron chi connectivity index (χ3n) is 11.0. The Morgan fingerprint density at radius 1 is 0.367 bits per heavy atom. The Labute approximate surface area is 294 Å². The molecule has 8 aromatic rings. The SMILES string of the molecule is c1ccc(N(c2ccccc2)c2cc3c(s2)C2(c4ccccc4-c4ccccc42)c2ccsc2C32c3ccccc3-c3ccccc32)cc1. The van der Waals surface area contributed by atoms with Crippen LogP contribution in [0.3, 0.4) is 0 Å². The molecular formula is C46H29NS2. The van der Waals surface area contributed by atoms with Crippen LogP contribution < -0.4 is 4.90 Å². The molecule has 1 nitrogen and oxygen atoms in total. The van der Waals surface area contributed by atoms with Gasteiger partial charge in [0.15, 0.2) is 0 Å². The van der Waals surface area contributed by atoms with E-state index in [1.165, 1.54) is 70.4 Å². The average Bonchev–Trinajstić information content (AvgIpc) is 3.95. The molecule has 230 valence electrons. The van der Waals surface area contributed by atoms with Gasteiger partial charge in [0.2, 0.25) is 0 Å². The van der Waals surface area contributed by atoms with Crippen LogP contribution in [0.4, 0.5) is 16.4 Å². The van der Waals surface area contributed by atoms with Crippen LogP contribution in [-0.2, 0) is 10.8 Å². The molecule has 2 aromatic heterocycles. The van der Waals surface area contributed by atoms with E-state index in [-0.39, 0.29) is 0 Å². The lowest BCUT2D eigenvalue weighted by Crippen LogP contribution is -2.41. The average molecular weight is 660 g/mol. The second kappa shape index (κ2) is 10.0. The fraction of sp³-hybridized carbons (Fsp3) is 0.0435. The smallest absolute Gasteiger partial charge is 0.101 e. The normalized spacial score (nSPS) is 14.9. The minimum atomic E-state index is -0.433. The van der Waals surface area contributed by atoms with Crippen LogP contribution in [-0.4, -0.2) is 0 Å². The van der Waals surface area contributed by atoms with Gasteiger partial charge in [-0.15, -0.1) is 22.7 Å². The van der Waals surface area contributed by atoms with Crippen molar-refractivity contribution in [1.29, 1.82) is 0 Å². The first-order chi connectivity index (χ1) is 24.3. The summed E-state index contributed by atoms with van der Waals surface area (Å²) in [5, 5.41) is 3.57. The van der Waals surface area contributed by atoms with Gasteiger partial charge in [0.1, 0.15) is 5.00 Å². The third kappa shape index (κ3) is 3.34. The molecule has 0 aliphatic heterocycles. The van der Waals surface area contributed by atoms with Gasteiger partial charge < -0.3 is 4.90 Å². The summed E-state index contributed by atoms with van der Waals surface area (Å²) in [6, 6.07) is 63.3. The first-order valence-electron chi connectivity index (χ1n) is 16.8. The van der Waals surface area contributed by atoms with Crippen molar-refractivity contribution in [1.82, 2.24) is 0 Å². The quantitative estimate of drug-likeness (QED) is 0.182. The topological polar surface area (TPSA) is 3.24 Å². The highest BCUT2D eigenvalue weighted by atomic mass is 32.1. The summed E-state index contributed by atoms with van der Waals surface area (Å²) in [4.78, 5) is 5.30. The Morgan fingerprint density at radius 3 is 1.24 bits per heavy atom. The molecule has 3 aliphatic carbocycles. The zero-order valence-electron chi connectivity index (χ0n) is 26.5. The van der Waals surface area contributed by atoms with E-state index in [1.807, 2.05) is 22.7 Å². The maximum atomic E-state index is 2.55. The third-order valence-corrected chi connectivity index (χ3v) is 13.3. The molecule has 0 radical (unpaired) electrons. The Morgan fingerprint density at radius 2 is 0.776 bits per heavy atom. The van der Waals surface area contributed by atoms with E-state index in [0.717, 1.165) is 11.4 Å². The molecule has 2 heterocycles. The van der Waals surface area contributed by atoms with E-state index in [9.17, 15) is 0 Å². The second-order valence-corrected chi connectivity index (χ2v) is 15.1. The van der Waals surface area contributed by atoms with Gasteiger partial charge in [-0.2, -0.15) is 0 Å². The molecule has 0 atom stereocenters. The highest BCUT2D eigenvalue weighted by Gasteiger charge is 2.61. The van der Waals surface area contributed by atoms with Crippen LogP contribution >= 0.6 is 22.7 Å². The standard InChI is InChI=1S/C46H29NS2/c1-3-15-30(16-4-1)47(31-17-5-2-6-18-31)42-29-41-44(49-42)45(36-23-11-7-19-32(36)33-20-8-12-24-37(33)45)40-27-28-48-43(40)46(41)38-25-13-9-21-34(38)35-22-10-14-26-39(35)46/h1-29H. The number of para-hydroxylation sites is 2. The number of fused-ring (bicyclic) bond motifs is 16. The van der Waals surface area contributed by atoms with Crippen molar-refractivity contribution in [2.45, 2.75) is 10.8 Å². The van der Waals surface area contributed by atoms with Crippen molar-refractivity contribution in [2.24, 2.45) is 0 Å². The number of nitrogens with zero attached hydrogens (tertiary/aromatic N) is 1. The highest BCUT2D eigenvalue weighted by molar-refractivity contribution is 7.17. The predicted molar refractivity (Wildman–Crippen MR) is 205 cm³/mol. The monoisotopic (exact) mass is 659 g/mol. The highest BCUT2D eigenvalue weighted by Crippen LogP contribution is 2.70. The second-order valence-electron chi connectivity index (χ2n) is 13.2. The number of anilines is 3. The molecule has 0 amide bonds. The summed E-state index contributed by atoms with van der Waals surface area (Å²) >= 11 is 3.89. The van der Waals surface area contributed by atoms with E-state index in [4.69, 9.17) is 0 Å². The summed E-state index contributed by atoms with van der Waals surface area (Å²) in [6.07, 6.45) is 0. The van der Waals surface area contributed by atoms with Crippen LogP contribution in [0.1, 0.15) is 43.1 Å². The molecule has 3 heteroatoms. The van der Waals surface area contributed by atoms with Crippen molar-refractivity contribution in [3.05, 3.63) is 218 Å². The van der Waals surface area contributed by atoms with Gasteiger partial charge in [0.25, 0.3) is 0 Å². The summed E-state index contributed by atoms with van der Waals surface area (Å²) in [7, 11) is 0. The van der Waals surface area contributed by atoms with Gasteiger partial charge in [0.05, 0.1) is 10.8 Å². The lowest BCUT2D eigenvalue weighted by molar-refractivity contribution is 0.662. The van der Waals surface area contributed by atoms with E-state index in [0.29, 0.717) is 0 Å². The maximum Gasteiger partial charge on any atom is 0.101 e. The van der Waals surface area contributed by atoms with Crippen LogP contribution in [0.5, 0.6) is 0 Å². The molecular weight excluding hydrogens is 631 g/mol. The number of benzene rings is 6.